The molecule has 0 bridgehead atoms. The largest absolute Gasteiger partial charge is 0.507 e. The van der Waals surface area contributed by atoms with Crippen LogP contribution in [0.1, 0.15) is 86.5 Å². The summed E-state index contributed by atoms with van der Waals surface area (Å²) in [5.41, 5.74) is 14.1. The number of phenolic OH excluding ortho intramolecular Hbond substituents is 1. The Kier molecular flexibility index (Phi) is 21.0. The van der Waals surface area contributed by atoms with Crippen LogP contribution < -0.4 is 43.4 Å². The van der Waals surface area contributed by atoms with E-state index in [1.807, 2.05) is 56.3 Å². The molecule has 28 heteroatoms. The second-order valence-electron chi connectivity index (χ2n) is 22.3. The topological polar surface area (TPSA) is 355 Å². The number of benzene rings is 2. The fourth-order valence-electron chi connectivity index (χ4n) is 12.4. The molecule has 10 fully saturated rings. The van der Waals surface area contributed by atoms with Gasteiger partial charge in [0.15, 0.2) is 10.3 Å². The van der Waals surface area contributed by atoms with Crippen LogP contribution >= 0.6 is 36.6 Å². The van der Waals surface area contributed by atoms with Crippen molar-refractivity contribution in [2.75, 3.05) is 50.8 Å². The third-order valence-corrected chi connectivity index (χ3v) is 17.9. The van der Waals surface area contributed by atoms with E-state index in [0.717, 1.165) is 111 Å². The predicted octanol–water partition coefficient (Wildman–Crippen LogP) is -1.42. The summed E-state index contributed by atoms with van der Waals surface area (Å²) in [6.45, 7) is 7.39. The SMILES string of the molecule is Cc1cc(C[C@@H]2NC(=O)[C@@H]3CCCN3C2=O)cc(C)c1O.N=C(N)SC[C@@H]1NC(=O)[C@@H]2CCCN2C1=O.NC(=S)NC[C@@H]1NC(=O)[C@@H]2CCCN2C1=O.O=C1N[C@@H](CS)C(=O)N2CCC[C@@H]12.O=C1N[C@@H](Cc2ccccc2)C(=O)N2CCC[C@@H]12. The molecule has 454 valence electrons. The van der Waals surface area contributed by atoms with Crippen molar-refractivity contribution in [2.45, 2.75) is 151 Å². The number of fused-ring (bicyclic) bond motifs is 5. The number of amidine groups is 1. The van der Waals surface area contributed by atoms with E-state index in [9.17, 15) is 53.1 Å². The van der Waals surface area contributed by atoms with Crippen LogP contribution in [-0.2, 0) is 60.8 Å². The lowest BCUT2D eigenvalue weighted by atomic mass is 9.97. The number of amides is 10. The molecule has 12 N–H and O–H groups in total. The number of nitrogens with one attached hydrogen (secondary N) is 7. The van der Waals surface area contributed by atoms with Gasteiger partial charge >= 0.3 is 0 Å². The summed E-state index contributed by atoms with van der Waals surface area (Å²) in [6, 6.07) is 9.94. The minimum atomic E-state index is -0.552. The van der Waals surface area contributed by atoms with Crippen molar-refractivity contribution >= 4 is 106 Å². The number of phenols is 1. The highest BCUT2D eigenvalue weighted by Gasteiger charge is 2.47. The second-order valence-corrected chi connectivity index (χ2v) is 24.2. The molecular weight excluding hydrogens is 1140 g/mol. The van der Waals surface area contributed by atoms with E-state index in [1.54, 1.807) is 24.5 Å². The number of aryl methyl sites for hydroxylation is 2. The summed E-state index contributed by atoms with van der Waals surface area (Å²) < 4.78 is 0. The van der Waals surface area contributed by atoms with Crippen molar-refractivity contribution in [3.8, 4) is 5.75 Å². The number of thiol groups is 1. The summed E-state index contributed by atoms with van der Waals surface area (Å²) in [6.07, 6.45) is 9.46. The van der Waals surface area contributed by atoms with Crippen molar-refractivity contribution in [2.24, 2.45) is 11.5 Å². The Labute approximate surface area is 502 Å². The lowest BCUT2D eigenvalue weighted by molar-refractivity contribution is -0.147. The van der Waals surface area contributed by atoms with Crippen LogP contribution in [0.5, 0.6) is 5.75 Å². The van der Waals surface area contributed by atoms with Gasteiger partial charge in [-0.3, -0.25) is 53.4 Å². The summed E-state index contributed by atoms with van der Waals surface area (Å²) in [5, 5.41) is 33.4. The lowest BCUT2D eigenvalue weighted by Gasteiger charge is -2.34. The van der Waals surface area contributed by atoms with E-state index in [1.165, 1.54) is 0 Å². The molecular formula is C56H76N14O11S3. The number of nitrogens with two attached hydrogens (primary N) is 2. The Morgan fingerprint density at radius 3 is 1.27 bits per heavy atom. The smallest absolute Gasteiger partial charge is 0.247 e. The van der Waals surface area contributed by atoms with Crippen LogP contribution in [0.25, 0.3) is 0 Å². The van der Waals surface area contributed by atoms with E-state index in [0.29, 0.717) is 44.0 Å². The molecule has 2 aromatic rings. The molecule has 0 aromatic heterocycles. The van der Waals surface area contributed by atoms with Crippen molar-refractivity contribution in [3.05, 3.63) is 64.7 Å². The van der Waals surface area contributed by atoms with Gasteiger partial charge in [0.2, 0.25) is 59.1 Å². The van der Waals surface area contributed by atoms with Crippen molar-refractivity contribution in [1.82, 2.24) is 56.4 Å². The number of thioether (sulfide) groups is 1. The first kappa shape index (κ1) is 62.8. The molecule has 2 aromatic carbocycles. The molecule has 0 aliphatic carbocycles. The molecule has 10 aliphatic heterocycles. The molecule has 10 amide bonds. The van der Waals surface area contributed by atoms with E-state index in [4.69, 9.17) is 16.9 Å². The molecule has 84 heavy (non-hydrogen) atoms. The first-order valence-electron chi connectivity index (χ1n) is 28.6. The number of aromatic hydroxyl groups is 1. The van der Waals surface area contributed by atoms with Gasteiger partial charge in [-0.25, -0.2) is 0 Å². The first-order valence-corrected chi connectivity index (χ1v) is 30.7. The van der Waals surface area contributed by atoms with Crippen LogP contribution in [-0.4, -0.2) is 210 Å². The predicted molar refractivity (Wildman–Crippen MR) is 318 cm³/mol. The highest BCUT2D eigenvalue weighted by molar-refractivity contribution is 8.13. The zero-order valence-electron chi connectivity index (χ0n) is 47.1. The summed E-state index contributed by atoms with van der Waals surface area (Å²) >= 11 is 9.76. The maximum atomic E-state index is 12.5. The molecule has 0 spiro atoms. The van der Waals surface area contributed by atoms with Gasteiger partial charge in [-0.1, -0.05) is 54.2 Å². The highest BCUT2D eigenvalue weighted by Crippen LogP contribution is 2.29. The van der Waals surface area contributed by atoms with Crippen molar-refractivity contribution in [3.63, 3.8) is 0 Å². The molecule has 10 heterocycles. The van der Waals surface area contributed by atoms with E-state index in [-0.39, 0.29) is 112 Å². The number of rotatable bonds is 9. The Balaban J connectivity index is 0.000000138. The van der Waals surface area contributed by atoms with E-state index >= 15 is 0 Å². The minimum absolute atomic E-state index is 0.00744. The summed E-state index contributed by atoms with van der Waals surface area (Å²) in [4.78, 5) is 127. The number of thiocarbonyl (C=S) groups is 1. The molecule has 0 unspecified atom stereocenters. The fourth-order valence-corrected chi connectivity index (χ4v) is 13.3. The van der Waals surface area contributed by atoms with Crippen LogP contribution in [0.4, 0.5) is 0 Å². The van der Waals surface area contributed by atoms with Crippen LogP contribution in [0.3, 0.4) is 0 Å². The number of nitrogens with zero attached hydrogens (tertiary/aromatic N) is 5. The summed E-state index contributed by atoms with van der Waals surface area (Å²) in [7, 11) is 0. The molecule has 0 radical (unpaired) electrons. The van der Waals surface area contributed by atoms with Gasteiger partial charge in [-0.2, -0.15) is 12.6 Å². The number of piperazine rings is 5. The average Bonchev–Trinajstić information content (AvgIpc) is 3.38. The van der Waals surface area contributed by atoms with Crippen molar-refractivity contribution in [1.29, 1.82) is 5.41 Å². The van der Waals surface area contributed by atoms with Gasteiger partial charge in [-0.15, -0.1) is 0 Å². The Morgan fingerprint density at radius 2 is 0.893 bits per heavy atom. The van der Waals surface area contributed by atoms with Gasteiger partial charge in [0, 0.05) is 63.6 Å². The average molecular weight is 1220 g/mol. The Hall–Kier alpha value is -7.20. The molecule has 25 nitrogen and oxygen atoms in total. The standard InChI is InChI=1S/C16H20N2O3.C14H16N2O2.2C9H14N4O2S.C8H12N2O2S/c1-9-6-11(7-10(2)14(9)19)8-12-16(21)18-5-3-4-13(18)15(20)17-12;17-13-12-7-4-8-16(12)14(18)11(15-13)9-10-5-2-1-3-6-10;10-9(11)16-4-5-8(15)13-3-1-2-6(13)7(14)12-5;10-9(16)11-4-5-8(15)13-3-1-2-6(13)7(14)12-5;11-7-6-2-1-3-10(6)8(12)5(4-13)9-7/h6-7,12-13,19H,3-5,8H2,1-2H3,(H,17,20);1-3,5-6,11-12H,4,7-9H2,(H,15,17);5-6H,1-4H2,(H3,10,11)(H,12,14);5-6H,1-4H2,(H,12,14)(H3,10,11,16);5-6,13H,1-4H2,(H,9,11)/t12-,13-;11-,12-;3*5-,6-/m00000/s1. The van der Waals surface area contributed by atoms with Crippen LogP contribution in [0.15, 0.2) is 42.5 Å². The Morgan fingerprint density at radius 1 is 0.560 bits per heavy atom. The van der Waals surface area contributed by atoms with Crippen LogP contribution in [0.2, 0.25) is 0 Å². The molecule has 10 aliphatic rings. The quantitative estimate of drug-likeness (QED) is 0.0594. The number of carbonyl (C=O) groups is 10. The number of hydrogen-bond donors (Lipinski definition) is 11. The van der Waals surface area contributed by atoms with Gasteiger partial charge < -0.3 is 73.0 Å². The van der Waals surface area contributed by atoms with Crippen LogP contribution in [0, 0.1) is 19.3 Å². The fraction of sp³-hybridized carbons (Fsp3) is 0.571. The second kappa shape index (κ2) is 28.1. The zero-order valence-corrected chi connectivity index (χ0v) is 49.7. The molecule has 10 atom stereocenters. The molecule has 0 saturated carbocycles. The normalized spacial score (nSPS) is 28.1. The van der Waals surface area contributed by atoms with Gasteiger partial charge in [0.25, 0.3) is 0 Å². The van der Waals surface area contributed by atoms with E-state index in [2.05, 4.69) is 56.7 Å². The highest BCUT2D eigenvalue weighted by atomic mass is 32.2. The third kappa shape index (κ3) is 14.6. The maximum absolute atomic E-state index is 12.5. The van der Waals surface area contributed by atoms with Crippen molar-refractivity contribution < 1.29 is 53.1 Å². The van der Waals surface area contributed by atoms with Gasteiger partial charge in [-0.05, 0) is 113 Å². The monoisotopic (exact) mass is 1220 g/mol. The molecule has 12 rings (SSSR count). The maximum Gasteiger partial charge on any atom is 0.247 e. The summed E-state index contributed by atoms with van der Waals surface area (Å²) in [5.74, 6) is 0.820. The van der Waals surface area contributed by atoms with E-state index < -0.39 is 30.2 Å². The van der Waals surface area contributed by atoms with Gasteiger partial charge in [0.1, 0.15) is 66.2 Å². The first-order chi connectivity index (χ1) is 40.1. The molecule has 10 saturated heterocycles. The number of hydrogen-bond acceptors (Lipinski definition) is 15. The minimum Gasteiger partial charge on any atom is -0.507 e. The van der Waals surface area contributed by atoms with Gasteiger partial charge in [0.05, 0.1) is 0 Å². The third-order valence-electron chi connectivity index (χ3n) is 16.6. The lowest BCUT2D eigenvalue weighted by Crippen LogP contribution is -2.63. The zero-order chi connectivity index (χ0) is 60.5. The Bertz CT molecular complexity index is 2820. The number of carbonyl (C=O) groups excluding carboxylic acids is 10.